The van der Waals surface area contributed by atoms with E-state index in [9.17, 15) is 9.18 Å². The fourth-order valence-electron chi connectivity index (χ4n) is 2.12. The number of benzene rings is 1. The predicted molar refractivity (Wildman–Crippen MR) is 64.0 cm³/mol. The Balaban J connectivity index is 2.08. The molecule has 0 heterocycles. The highest BCUT2D eigenvalue weighted by atomic mass is 19.1. The second kappa shape index (κ2) is 5.10. The number of nitrogens with one attached hydrogen (secondary N) is 1. The van der Waals surface area contributed by atoms with Crippen LogP contribution in [0.2, 0.25) is 0 Å². The van der Waals surface area contributed by atoms with E-state index in [0.717, 1.165) is 18.4 Å². The van der Waals surface area contributed by atoms with E-state index < -0.39 is 0 Å². The van der Waals surface area contributed by atoms with Gasteiger partial charge in [0.1, 0.15) is 5.82 Å². The number of rotatable bonds is 2. The fraction of sp³-hybridized carbons (Fsp3) is 0.308. The maximum atomic E-state index is 12.8. The van der Waals surface area contributed by atoms with Gasteiger partial charge in [0, 0.05) is 5.92 Å². The van der Waals surface area contributed by atoms with Crippen LogP contribution in [-0.2, 0) is 4.79 Å². The number of hydrazine groups is 1. The average Bonchev–Trinajstić information content (AvgIpc) is 2.39. The Kier molecular flexibility index (Phi) is 3.54. The molecule has 17 heavy (non-hydrogen) atoms. The third kappa shape index (κ3) is 2.71. The van der Waals surface area contributed by atoms with Crippen LogP contribution in [0.1, 0.15) is 24.8 Å². The van der Waals surface area contributed by atoms with Gasteiger partial charge in [0.25, 0.3) is 0 Å². The van der Waals surface area contributed by atoms with Gasteiger partial charge < -0.3 is 0 Å². The van der Waals surface area contributed by atoms with E-state index in [2.05, 4.69) is 5.43 Å². The van der Waals surface area contributed by atoms with Gasteiger partial charge in [-0.25, -0.2) is 10.2 Å². The second-order valence-electron chi connectivity index (χ2n) is 4.22. The maximum Gasteiger partial charge on any atom is 0.237 e. The third-order valence-electron chi connectivity index (χ3n) is 3.14. The number of hydrogen-bond donors (Lipinski definition) is 2. The van der Waals surface area contributed by atoms with Crippen LogP contribution >= 0.6 is 0 Å². The van der Waals surface area contributed by atoms with Crippen LogP contribution in [0.15, 0.2) is 30.3 Å². The molecule has 1 atom stereocenters. The van der Waals surface area contributed by atoms with Crippen molar-refractivity contribution in [1.82, 2.24) is 5.43 Å². The summed E-state index contributed by atoms with van der Waals surface area (Å²) in [7, 11) is 0. The molecule has 0 radical (unpaired) electrons. The van der Waals surface area contributed by atoms with Crippen LogP contribution in [-0.4, -0.2) is 5.91 Å². The molecular weight excluding hydrogens is 219 g/mol. The minimum atomic E-state index is -0.231. The van der Waals surface area contributed by atoms with Gasteiger partial charge in [-0.2, -0.15) is 0 Å². The SMILES string of the molecule is NNC(=O)[C@@H]1CC=C(c2ccc(F)cc2)CC1. The van der Waals surface area contributed by atoms with Crippen molar-refractivity contribution in [2.45, 2.75) is 19.3 Å². The lowest BCUT2D eigenvalue weighted by atomic mass is 9.86. The molecule has 4 heteroatoms. The van der Waals surface area contributed by atoms with E-state index in [0.29, 0.717) is 6.42 Å². The maximum absolute atomic E-state index is 12.8. The highest BCUT2D eigenvalue weighted by molar-refractivity contribution is 5.80. The monoisotopic (exact) mass is 234 g/mol. The lowest BCUT2D eigenvalue weighted by molar-refractivity contribution is -0.125. The Morgan fingerprint density at radius 3 is 2.59 bits per heavy atom. The number of allylic oxidation sites excluding steroid dienone is 2. The minimum Gasteiger partial charge on any atom is -0.294 e. The van der Waals surface area contributed by atoms with E-state index in [1.807, 2.05) is 6.08 Å². The molecule has 3 nitrogen and oxygen atoms in total. The number of carbonyl (C=O) groups is 1. The van der Waals surface area contributed by atoms with Crippen LogP contribution in [0.3, 0.4) is 0 Å². The first-order valence-electron chi connectivity index (χ1n) is 5.66. The Hall–Kier alpha value is -1.68. The Morgan fingerprint density at radius 2 is 2.06 bits per heavy atom. The molecule has 1 aromatic rings. The second-order valence-corrected chi connectivity index (χ2v) is 4.22. The van der Waals surface area contributed by atoms with Gasteiger partial charge in [-0.1, -0.05) is 18.2 Å². The molecule has 1 amide bonds. The van der Waals surface area contributed by atoms with Crippen molar-refractivity contribution in [3.05, 3.63) is 41.7 Å². The lowest BCUT2D eigenvalue weighted by Gasteiger charge is -2.20. The van der Waals surface area contributed by atoms with Crippen molar-refractivity contribution in [3.8, 4) is 0 Å². The summed E-state index contributed by atoms with van der Waals surface area (Å²) >= 11 is 0. The van der Waals surface area contributed by atoms with Crippen molar-refractivity contribution in [2.75, 3.05) is 0 Å². The van der Waals surface area contributed by atoms with E-state index in [1.54, 1.807) is 12.1 Å². The molecule has 3 N–H and O–H groups in total. The van der Waals surface area contributed by atoms with Gasteiger partial charge in [-0.05, 0) is 42.5 Å². The first kappa shape index (κ1) is 11.8. The molecule has 0 spiro atoms. The molecular formula is C13H15FN2O. The van der Waals surface area contributed by atoms with Crippen LogP contribution in [0.5, 0.6) is 0 Å². The molecule has 1 aliphatic rings. The molecule has 0 aromatic heterocycles. The fourth-order valence-corrected chi connectivity index (χ4v) is 2.12. The summed E-state index contributed by atoms with van der Waals surface area (Å²) in [6.07, 6.45) is 4.34. The zero-order chi connectivity index (χ0) is 12.3. The number of halogens is 1. The highest BCUT2D eigenvalue weighted by Gasteiger charge is 2.21. The number of carbonyl (C=O) groups excluding carboxylic acids is 1. The summed E-state index contributed by atoms with van der Waals surface area (Å²) in [5.41, 5.74) is 4.38. The van der Waals surface area contributed by atoms with Gasteiger partial charge in [0.15, 0.2) is 0 Å². The Labute approximate surface area is 99.5 Å². The molecule has 1 aliphatic carbocycles. The third-order valence-corrected chi connectivity index (χ3v) is 3.14. The Bertz CT molecular complexity index is 439. The van der Waals surface area contributed by atoms with Crippen LogP contribution in [0.25, 0.3) is 5.57 Å². The summed E-state index contributed by atoms with van der Waals surface area (Å²) in [5.74, 6) is 4.72. The number of hydrogen-bond acceptors (Lipinski definition) is 2. The molecule has 90 valence electrons. The van der Waals surface area contributed by atoms with Gasteiger partial charge in [-0.3, -0.25) is 10.2 Å². The van der Waals surface area contributed by atoms with Gasteiger partial charge in [0.2, 0.25) is 5.91 Å². The standard InChI is InChI=1S/C13H15FN2O/c14-12-7-5-10(6-8-12)9-1-3-11(4-2-9)13(17)16-15/h1,5-8,11H,2-4,15H2,(H,16,17)/t11-/m1/s1. The van der Waals surface area contributed by atoms with Crippen LogP contribution in [0, 0.1) is 11.7 Å². The molecule has 1 aromatic carbocycles. The number of amides is 1. The first-order valence-corrected chi connectivity index (χ1v) is 5.66. The van der Waals surface area contributed by atoms with Gasteiger partial charge in [-0.15, -0.1) is 0 Å². The summed E-state index contributed by atoms with van der Waals surface area (Å²) in [6, 6.07) is 6.44. The van der Waals surface area contributed by atoms with Crippen molar-refractivity contribution in [2.24, 2.45) is 11.8 Å². The van der Waals surface area contributed by atoms with Crippen LogP contribution < -0.4 is 11.3 Å². The molecule has 0 bridgehead atoms. The summed E-state index contributed by atoms with van der Waals surface area (Å²) in [5, 5.41) is 0. The zero-order valence-electron chi connectivity index (χ0n) is 9.45. The minimum absolute atomic E-state index is 0.0378. The molecule has 0 unspecified atom stereocenters. The smallest absolute Gasteiger partial charge is 0.237 e. The number of nitrogens with two attached hydrogens (primary N) is 1. The van der Waals surface area contributed by atoms with E-state index in [4.69, 9.17) is 5.84 Å². The van der Waals surface area contributed by atoms with Crippen LogP contribution in [0.4, 0.5) is 4.39 Å². The van der Waals surface area contributed by atoms with E-state index in [-0.39, 0.29) is 17.6 Å². The van der Waals surface area contributed by atoms with Crippen molar-refractivity contribution < 1.29 is 9.18 Å². The first-order chi connectivity index (χ1) is 8.20. The van der Waals surface area contributed by atoms with Gasteiger partial charge >= 0.3 is 0 Å². The summed E-state index contributed by atoms with van der Waals surface area (Å²) < 4.78 is 12.8. The zero-order valence-corrected chi connectivity index (χ0v) is 9.45. The summed E-state index contributed by atoms with van der Waals surface area (Å²) in [6.45, 7) is 0. The van der Waals surface area contributed by atoms with E-state index >= 15 is 0 Å². The molecule has 0 saturated heterocycles. The topological polar surface area (TPSA) is 55.1 Å². The van der Waals surface area contributed by atoms with Crippen molar-refractivity contribution >= 4 is 11.5 Å². The van der Waals surface area contributed by atoms with E-state index in [1.165, 1.54) is 17.7 Å². The molecule has 0 saturated carbocycles. The molecule has 2 rings (SSSR count). The quantitative estimate of drug-likeness (QED) is 0.467. The predicted octanol–water partition coefficient (Wildman–Crippen LogP) is 2.00. The van der Waals surface area contributed by atoms with Crippen molar-refractivity contribution in [3.63, 3.8) is 0 Å². The Morgan fingerprint density at radius 1 is 1.35 bits per heavy atom. The molecule has 0 fully saturated rings. The largest absolute Gasteiger partial charge is 0.294 e. The summed E-state index contributed by atoms with van der Waals surface area (Å²) in [4.78, 5) is 11.3. The average molecular weight is 234 g/mol. The highest BCUT2D eigenvalue weighted by Crippen LogP contribution is 2.30. The van der Waals surface area contributed by atoms with Crippen molar-refractivity contribution in [1.29, 1.82) is 0 Å². The van der Waals surface area contributed by atoms with Gasteiger partial charge in [0.05, 0.1) is 0 Å². The molecule has 0 aliphatic heterocycles. The normalized spacial score (nSPS) is 19.6. The lowest BCUT2D eigenvalue weighted by Crippen LogP contribution is -2.36.